The van der Waals surface area contributed by atoms with Crippen LogP contribution in [0.4, 0.5) is 17.2 Å². The highest BCUT2D eigenvalue weighted by Crippen LogP contribution is 2.23. The van der Waals surface area contributed by atoms with Crippen molar-refractivity contribution < 1.29 is 9.21 Å². The van der Waals surface area contributed by atoms with E-state index in [1.54, 1.807) is 30.5 Å². The number of rotatable bonds is 4. The molecule has 3 aromatic rings. The lowest BCUT2D eigenvalue weighted by molar-refractivity contribution is 0.0996. The summed E-state index contributed by atoms with van der Waals surface area (Å²) >= 11 is 3.44. The topological polar surface area (TPSA) is 67.2 Å². The summed E-state index contributed by atoms with van der Waals surface area (Å²) in [6.07, 6.45) is 3.05. The van der Waals surface area contributed by atoms with Crippen molar-refractivity contribution in [2.24, 2.45) is 0 Å². The molecule has 1 amide bonds. The van der Waals surface area contributed by atoms with Gasteiger partial charge in [-0.15, -0.1) is 0 Å². The van der Waals surface area contributed by atoms with Crippen LogP contribution in [0.3, 0.4) is 0 Å². The van der Waals surface area contributed by atoms with E-state index in [1.807, 2.05) is 25.1 Å². The Morgan fingerprint density at radius 1 is 1.22 bits per heavy atom. The maximum atomic E-state index is 11.9. The number of furan rings is 1. The van der Waals surface area contributed by atoms with Gasteiger partial charge in [-0.1, -0.05) is 15.9 Å². The van der Waals surface area contributed by atoms with Gasteiger partial charge in [-0.2, -0.15) is 0 Å². The molecule has 23 heavy (non-hydrogen) atoms. The Kier molecular flexibility index (Phi) is 4.43. The molecule has 0 aliphatic carbocycles. The molecular formula is C17H14BrN3O2. The molecule has 0 saturated carbocycles. The highest BCUT2D eigenvalue weighted by molar-refractivity contribution is 9.10. The Balaban J connectivity index is 1.68. The molecule has 5 nitrogen and oxygen atoms in total. The molecule has 0 aliphatic heterocycles. The standard InChI is InChI=1S/C17H14BrN3O2/c1-11-9-12(18)4-6-14(11)21-16-7-5-13(10-19-16)20-17(22)15-3-2-8-23-15/h2-10H,1H3,(H,19,21)(H,20,22). The summed E-state index contributed by atoms with van der Waals surface area (Å²) in [5, 5.41) is 5.97. The second-order valence-electron chi connectivity index (χ2n) is 4.95. The first-order valence-electron chi connectivity index (χ1n) is 6.96. The molecule has 0 bridgehead atoms. The van der Waals surface area contributed by atoms with Gasteiger partial charge in [0.15, 0.2) is 5.76 Å². The largest absolute Gasteiger partial charge is 0.459 e. The predicted molar refractivity (Wildman–Crippen MR) is 93.1 cm³/mol. The Hall–Kier alpha value is -2.60. The van der Waals surface area contributed by atoms with E-state index in [2.05, 4.69) is 31.5 Å². The first-order chi connectivity index (χ1) is 11.1. The van der Waals surface area contributed by atoms with Crippen molar-refractivity contribution in [1.82, 2.24) is 4.98 Å². The Bertz CT molecular complexity index is 814. The number of carbonyl (C=O) groups is 1. The third-order valence-corrected chi connectivity index (χ3v) is 3.71. The minimum atomic E-state index is -0.304. The molecule has 0 fully saturated rings. The maximum Gasteiger partial charge on any atom is 0.291 e. The second-order valence-corrected chi connectivity index (χ2v) is 5.86. The number of pyridine rings is 1. The normalized spacial score (nSPS) is 10.3. The van der Waals surface area contributed by atoms with Crippen molar-refractivity contribution in [3.05, 3.63) is 70.7 Å². The van der Waals surface area contributed by atoms with E-state index >= 15 is 0 Å². The molecule has 0 atom stereocenters. The Morgan fingerprint density at radius 2 is 2.09 bits per heavy atom. The van der Waals surface area contributed by atoms with Crippen molar-refractivity contribution in [2.75, 3.05) is 10.6 Å². The lowest BCUT2D eigenvalue weighted by atomic mass is 10.2. The minimum Gasteiger partial charge on any atom is -0.459 e. The summed E-state index contributed by atoms with van der Waals surface area (Å²) < 4.78 is 6.08. The number of aromatic nitrogens is 1. The monoisotopic (exact) mass is 371 g/mol. The summed E-state index contributed by atoms with van der Waals surface area (Å²) in [7, 11) is 0. The van der Waals surface area contributed by atoms with E-state index in [0.29, 0.717) is 11.5 Å². The molecule has 2 heterocycles. The van der Waals surface area contributed by atoms with Crippen LogP contribution in [-0.4, -0.2) is 10.9 Å². The summed E-state index contributed by atoms with van der Waals surface area (Å²) in [6.45, 7) is 2.02. The number of carbonyl (C=O) groups excluding carboxylic acids is 1. The van der Waals surface area contributed by atoms with Gasteiger partial charge in [0.25, 0.3) is 5.91 Å². The van der Waals surface area contributed by atoms with Crippen molar-refractivity contribution in [3.8, 4) is 0 Å². The van der Waals surface area contributed by atoms with E-state index in [-0.39, 0.29) is 11.7 Å². The molecule has 116 valence electrons. The number of aryl methyl sites for hydroxylation is 1. The first-order valence-corrected chi connectivity index (χ1v) is 7.75. The van der Waals surface area contributed by atoms with Crippen molar-refractivity contribution >= 4 is 39.0 Å². The fraction of sp³-hybridized carbons (Fsp3) is 0.0588. The molecule has 0 radical (unpaired) electrons. The number of hydrogen-bond acceptors (Lipinski definition) is 4. The third-order valence-electron chi connectivity index (χ3n) is 3.22. The highest BCUT2D eigenvalue weighted by Gasteiger charge is 2.09. The van der Waals surface area contributed by atoms with Gasteiger partial charge in [0.05, 0.1) is 18.1 Å². The van der Waals surface area contributed by atoms with Crippen molar-refractivity contribution in [2.45, 2.75) is 6.92 Å². The van der Waals surface area contributed by atoms with Gasteiger partial charge in [0, 0.05) is 10.2 Å². The van der Waals surface area contributed by atoms with Crippen LogP contribution in [0.2, 0.25) is 0 Å². The van der Waals surface area contributed by atoms with Gasteiger partial charge < -0.3 is 15.1 Å². The predicted octanol–water partition coefficient (Wildman–Crippen LogP) is 4.74. The molecule has 2 aromatic heterocycles. The van der Waals surface area contributed by atoms with E-state index in [0.717, 1.165) is 15.7 Å². The third kappa shape index (κ3) is 3.78. The number of benzene rings is 1. The van der Waals surface area contributed by atoms with Crippen LogP contribution in [0.5, 0.6) is 0 Å². The number of anilines is 3. The first kappa shape index (κ1) is 15.3. The lowest BCUT2D eigenvalue weighted by Crippen LogP contribution is -2.11. The quantitative estimate of drug-likeness (QED) is 0.694. The van der Waals surface area contributed by atoms with Crippen LogP contribution < -0.4 is 10.6 Å². The molecule has 3 rings (SSSR count). The zero-order valence-electron chi connectivity index (χ0n) is 12.3. The Labute approximate surface area is 141 Å². The van der Waals surface area contributed by atoms with Crippen LogP contribution in [0.15, 0.2) is 63.8 Å². The average molecular weight is 372 g/mol. The second kappa shape index (κ2) is 6.66. The number of amides is 1. The van der Waals surface area contributed by atoms with Crippen LogP contribution >= 0.6 is 15.9 Å². The SMILES string of the molecule is Cc1cc(Br)ccc1Nc1ccc(NC(=O)c2ccco2)cn1. The summed E-state index contributed by atoms with van der Waals surface area (Å²) in [4.78, 5) is 16.2. The number of nitrogens with one attached hydrogen (secondary N) is 2. The van der Waals surface area contributed by atoms with Crippen LogP contribution in [-0.2, 0) is 0 Å². The van der Waals surface area contributed by atoms with Crippen LogP contribution in [0.1, 0.15) is 16.1 Å². The van der Waals surface area contributed by atoms with Crippen LogP contribution in [0, 0.1) is 6.92 Å². The molecule has 0 saturated heterocycles. The smallest absolute Gasteiger partial charge is 0.291 e. The number of nitrogens with zero attached hydrogens (tertiary/aromatic N) is 1. The maximum absolute atomic E-state index is 11.9. The Morgan fingerprint density at radius 3 is 2.74 bits per heavy atom. The fourth-order valence-electron chi connectivity index (χ4n) is 2.05. The van der Waals surface area contributed by atoms with Gasteiger partial charge in [0.2, 0.25) is 0 Å². The lowest BCUT2D eigenvalue weighted by Gasteiger charge is -2.10. The van der Waals surface area contributed by atoms with Crippen molar-refractivity contribution in [3.63, 3.8) is 0 Å². The van der Waals surface area contributed by atoms with Gasteiger partial charge in [-0.25, -0.2) is 4.98 Å². The number of halogens is 1. The molecule has 1 aromatic carbocycles. The van der Waals surface area contributed by atoms with E-state index in [1.165, 1.54) is 6.26 Å². The summed E-state index contributed by atoms with van der Waals surface area (Å²) in [5.41, 5.74) is 2.69. The fourth-order valence-corrected chi connectivity index (χ4v) is 2.52. The van der Waals surface area contributed by atoms with Gasteiger partial charge in [-0.05, 0) is 55.0 Å². The summed E-state index contributed by atoms with van der Waals surface area (Å²) in [6, 6.07) is 12.8. The summed E-state index contributed by atoms with van der Waals surface area (Å²) in [5.74, 6) is 0.658. The molecule has 6 heteroatoms. The molecule has 0 spiro atoms. The number of hydrogen-bond donors (Lipinski definition) is 2. The van der Waals surface area contributed by atoms with Crippen LogP contribution in [0.25, 0.3) is 0 Å². The molecular weight excluding hydrogens is 358 g/mol. The average Bonchev–Trinajstić information content (AvgIpc) is 3.06. The van der Waals surface area contributed by atoms with Gasteiger partial charge >= 0.3 is 0 Å². The molecule has 0 aliphatic rings. The van der Waals surface area contributed by atoms with Gasteiger partial charge in [-0.3, -0.25) is 4.79 Å². The van der Waals surface area contributed by atoms with Crippen molar-refractivity contribution in [1.29, 1.82) is 0 Å². The van der Waals surface area contributed by atoms with E-state index < -0.39 is 0 Å². The zero-order valence-corrected chi connectivity index (χ0v) is 13.9. The van der Waals surface area contributed by atoms with E-state index in [9.17, 15) is 4.79 Å². The highest BCUT2D eigenvalue weighted by atomic mass is 79.9. The van der Waals surface area contributed by atoms with E-state index in [4.69, 9.17) is 4.42 Å². The minimum absolute atomic E-state index is 0.262. The molecule has 0 unspecified atom stereocenters. The zero-order chi connectivity index (χ0) is 16.2. The molecule has 2 N–H and O–H groups in total. The van der Waals surface area contributed by atoms with Gasteiger partial charge in [0.1, 0.15) is 5.82 Å².